The smallest absolute Gasteiger partial charge is 0.410 e. The van der Waals surface area contributed by atoms with E-state index in [1.165, 1.54) is 0 Å². The molecule has 1 aromatic carbocycles. The molecule has 0 unspecified atom stereocenters. The molecule has 0 radical (unpaired) electrons. The number of carbonyl (C=O) groups excluding carboxylic acids is 1. The highest BCUT2D eigenvalue weighted by Gasteiger charge is 2.20. The van der Waals surface area contributed by atoms with Crippen LogP contribution in [0.4, 0.5) is 4.79 Å². The van der Waals surface area contributed by atoms with Crippen LogP contribution in [0.2, 0.25) is 0 Å². The van der Waals surface area contributed by atoms with Crippen molar-refractivity contribution in [3.05, 3.63) is 30.3 Å². The highest BCUT2D eigenvalue weighted by atomic mass is 16.6. The summed E-state index contributed by atoms with van der Waals surface area (Å²) in [6, 6.07) is 9.15. The molecule has 5 nitrogen and oxygen atoms in total. The first-order chi connectivity index (χ1) is 9.79. The number of benzene rings is 1. The molecular formula is C15H22N2O3. The van der Waals surface area contributed by atoms with E-state index in [0.717, 1.165) is 39.0 Å². The minimum Gasteiger partial charge on any atom is -0.410 e. The van der Waals surface area contributed by atoms with Gasteiger partial charge in [0.25, 0.3) is 0 Å². The van der Waals surface area contributed by atoms with E-state index in [4.69, 9.17) is 9.84 Å². The first-order valence-corrected chi connectivity index (χ1v) is 7.14. The Morgan fingerprint density at radius 3 is 2.70 bits per heavy atom. The largest absolute Gasteiger partial charge is 0.415 e. The number of carbonyl (C=O) groups is 1. The predicted molar refractivity (Wildman–Crippen MR) is 76.8 cm³/mol. The van der Waals surface area contributed by atoms with E-state index in [2.05, 4.69) is 4.90 Å². The molecule has 110 valence electrons. The zero-order valence-electron chi connectivity index (χ0n) is 11.7. The molecule has 1 aliphatic heterocycles. The fourth-order valence-electron chi connectivity index (χ4n) is 2.33. The number of nitrogens with zero attached hydrogens (tertiary/aromatic N) is 2. The van der Waals surface area contributed by atoms with Gasteiger partial charge in [-0.2, -0.15) is 0 Å². The number of rotatable bonds is 4. The molecule has 0 atom stereocenters. The zero-order chi connectivity index (χ0) is 14.2. The lowest BCUT2D eigenvalue weighted by Crippen LogP contribution is -2.37. The second kappa shape index (κ2) is 7.87. The minimum absolute atomic E-state index is 0.219. The van der Waals surface area contributed by atoms with Gasteiger partial charge in [0.15, 0.2) is 0 Å². The Morgan fingerprint density at radius 2 is 1.95 bits per heavy atom. The van der Waals surface area contributed by atoms with Crippen LogP contribution in [0, 0.1) is 0 Å². The molecule has 20 heavy (non-hydrogen) atoms. The third kappa shape index (κ3) is 4.51. The molecule has 1 aromatic rings. The SMILES string of the molecule is O=C(Oc1ccccc1)N1CCCN(CCCO)CC1. The predicted octanol–water partition coefficient (Wildman–Crippen LogP) is 1.58. The monoisotopic (exact) mass is 278 g/mol. The Hall–Kier alpha value is -1.59. The average molecular weight is 278 g/mol. The van der Waals surface area contributed by atoms with Gasteiger partial charge >= 0.3 is 6.09 Å². The molecule has 2 rings (SSSR count). The maximum atomic E-state index is 12.1. The first kappa shape index (κ1) is 14.8. The van der Waals surface area contributed by atoms with Crippen molar-refractivity contribution in [1.82, 2.24) is 9.80 Å². The topological polar surface area (TPSA) is 53.0 Å². The van der Waals surface area contributed by atoms with Crippen LogP contribution < -0.4 is 4.74 Å². The standard InChI is InChI=1S/C15H22N2O3/c18-13-5-9-16-8-4-10-17(12-11-16)15(19)20-14-6-2-1-3-7-14/h1-3,6-7,18H,4-5,8-13H2. The summed E-state index contributed by atoms with van der Waals surface area (Å²) in [5.74, 6) is 0.582. The molecule has 5 heteroatoms. The van der Waals surface area contributed by atoms with Crippen molar-refractivity contribution in [3.63, 3.8) is 0 Å². The average Bonchev–Trinajstić information content (AvgIpc) is 2.72. The summed E-state index contributed by atoms with van der Waals surface area (Å²) in [6.45, 7) is 4.31. The van der Waals surface area contributed by atoms with Gasteiger partial charge in [-0.3, -0.25) is 0 Å². The number of amides is 1. The number of hydrogen-bond acceptors (Lipinski definition) is 4. The summed E-state index contributed by atoms with van der Waals surface area (Å²) in [4.78, 5) is 16.1. The Balaban J connectivity index is 1.82. The number of aliphatic hydroxyl groups is 1. The summed E-state index contributed by atoms with van der Waals surface area (Å²) in [6.07, 6.45) is 1.45. The second-order valence-corrected chi connectivity index (χ2v) is 4.94. The Bertz CT molecular complexity index is 411. The summed E-state index contributed by atoms with van der Waals surface area (Å²) in [5, 5.41) is 8.86. The molecule has 0 aliphatic carbocycles. The Kier molecular flexibility index (Phi) is 5.83. The van der Waals surface area contributed by atoms with Crippen LogP contribution >= 0.6 is 0 Å². The van der Waals surface area contributed by atoms with E-state index < -0.39 is 0 Å². The van der Waals surface area contributed by atoms with Gasteiger partial charge in [-0.05, 0) is 31.5 Å². The molecule has 1 saturated heterocycles. The van der Waals surface area contributed by atoms with Crippen LogP contribution in [0.15, 0.2) is 30.3 Å². The number of hydrogen-bond donors (Lipinski definition) is 1. The van der Waals surface area contributed by atoms with E-state index in [1.807, 2.05) is 18.2 Å². The van der Waals surface area contributed by atoms with Crippen molar-refractivity contribution < 1.29 is 14.6 Å². The third-order valence-electron chi connectivity index (χ3n) is 3.43. The maximum absolute atomic E-state index is 12.1. The van der Waals surface area contributed by atoms with Crippen molar-refractivity contribution in [2.45, 2.75) is 12.8 Å². The molecule has 1 heterocycles. The molecular weight excluding hydrogens is 256 g/mol. The van der Waals surface area contributed by atoms with E-state index >= 15 is 0 Å². The quantitative estimate of drug-likeness (QED) is 0.908. The zero-order valence-corrected chi connectivity index (χ0v) is 11.7. The molecule has 1 fully saturated rings. The second-order valence-electron chi connectivity index (χ2n) is 4.94. The molecule has 0 spiro atoms. The van der Waals surface area contributed by atoms with Crippen LogP contribution in [0.1, 0.15) is 12.8 Å². The van der Waals surface area contributed by atoms with Gasteiger partial charge < -0.3 is 19.6 Å². The van der Waals surface area contributed by atoms with Crippen molar-refractivity contribution in [2.75, 3.05) is 39.3 Å². The minimum atomic E-state index is -0.278. The van der Waals surface area contributed by atoms with E-state index in [1.54, 1.807) is 17.0 Å². The van der Waals surface area contributed by atoms with Gasteiger partial charge in [0.2, 0.25) is 0 Å². The lowest BCUT2D eigenvalue weighted by molar-refractivity contribution is 0.152. The van der Waals surface area contributed by atoms with E-state index in [-0.39, 0.29) is 12.7 Å². The van der Waals surface area contributed by atoms with Gasteiger partial charge in [-0.15, -0.1) is 0 Å². The van der Waals surface area contributed by atoms with Crippen LogP contribution in [0.25, 0.3) is 0 Å². The van der Waals surface area contributed by atoms with Crippen molar-refractivity contribution in [2.24, 2.45) is 0 Å². The molecule has 1 amide bonds. The number of ether oxygens (including phenoxy) is 1. The lowest BCUT2D eigenvalue weighted by Gasteiger charge is -2.21. The van der Waals surface area contributed by atoms with Crippen LogP contribution in [0.3, 0.4) is 0 Å². The third-order valence-corrected chi connectivity index (χ3v) is 3.43. The lowest BCUT2D eigenvalue weighted by atomic mass is 10.3. The van der Waals surface area contributed by atoms with Gasteiger partial charge in [0.1, 0.15) is 5.75 Å². The van der Waals surface area contributed by atoms with E-state index in [0.29, 0.717) is 12.3 Å². The normalized spacial score (nSPS) is 16.8. The van der Waals surface area contributed by atoms with Gasteiger partial charge in [0, 0.05) is 32.8 Å². The summed E-state index contributed by atoms with van der Waals surface area (Å²) in [7, 11) is 0. The summed E-state index contributed by atoms with van der Waals surface area (Å²) in [5.41, 5.74) is 0. The molecule has 0 saturated carbocycles. The van der Waals surface area contributed by atoms with Crippen LogP contribution in [-0.4, -0.2) is 60.3 Å². The Morgan fingerprint density at radius 1 is 1.15 bits per heavy atom. The summed E-state index contributed by atoms with van der Waals surface area (Å²) >= 11 is 0. The maximum Gasteiger partial charge on any atom is 0.415 e. The van der Waals surface area contributed by atoms with Crippen molar-refractivity contribution in [3.8, 4) is 5.75 Å². The van der Waals surface area contributed by atoms with Gasteiger partial charge in [-0.1, -0.05) is 18.2 Å². The fourth-order valence-corrected chi connectivity index (χ4v) is 2.33. The van der Waals surface area contributed by atoms with Crippen molar-refractivity contribution >= 4 is 6.09 Å². The van der Waals surface area contributed by atoms with Crippen molar-refractivity contribution in [1.29, 1.82) is 0 Å². The molecule has 0 aromatic heterocycles. The van der Waals surface area contributed by atoms with Gasteiger partial charge in [0.05, 0.1) is 0 Å². The highest BCUT2D eigenvalue weighted by Crippen LogP contribution is 2.12. The highest BCUT2D eigenvalue weighted by molar-refractivity contribution is 5.70. The Labute approximate surface area is 119 Å². The molecule has 1 aliphatic rings. The van der Waals surface area contributed by atoms with Crippen LogP contribution in [0.5, 0.6) is 5.75 Å². The van der Waals surface area contributed by atoms with Crippen LogP contribution in [-0.2, 0) is 0 Å². The molecule has 0 bridgehead atoms. The van der Waals surface area contributed by atoms with E-state index in [9.17, 15) is 4.79 Å². The number of para-hydroxylation sites is 1. The fraction of sp³-hybridized carbons (Fsp3) is 0.533. The molecule has 1 N–H and O–H groups in total. The van der Waals surface area contributed by atoms with Gasteiger partial charge in [-0.25, -0.2) is 4.79 Å². The first-order valence-electron chi connectivity index (χ1n) is 7.14. The summed E-state index contributed by atoms with van der Waals surface area (Å²) < 4.78 is 5.35. The number of aliphatic hydroxyl groups excluding tert-OH is 1.